The van der Waals surface area contributed by atoms with Crippen molar-refractivity contribution < 1.29 is 9.53 Å². The van der Waals surface area contributed by atoms with Crippen molar-refractivity contribution in [2.75, 3.05) is 5.75 Å². The Balaban J connectivity index is 1.44. The van der Waals surface area contributed by atoms with Gasteiger partial charge in [-0.15, -0.1) is 16.9 Å². The van der Waals surface area contributed by atoms with Crippen molar-refractivity contribution >= 4 is 51.0 Å². The van der Waals surface area contributed by atoms with Gasteiger partial charge in [0.25, 0.3) is 5.56 Å². The molecule has 140 valence electrons. The lowest BCUT2D eigenvalue weighted by Crippen LogP contribution is -2.26. The Labute approximate surface area is 169 Å². The van der Waals surface area contributed by atoms with Crippen molar-refractivity contribution in [2.45, 2.75) is 11.6 Å². The Morgan fingerprint density at radius 2 is 1.86 bits per heavy atom. The number of hydrogen-bond acceptors (Lipinski definition) is 6. The number of ether oxygens (including phenoxy) is 1. The molecule has 0 saturated carbocycles. The first-order chi connectivity index (χ1) is 13.6. The third-order valence-corrected chi connectivity index (χ3v) is 5.48. The fourth-order valence-corrected chi connectivity index (χ4v) is 4.05. The van der Waals surface area contributed by atoms with Gasteiger partial charge < -0.3 is 4.74 Å². The van der Waals surface area contributed by atoms with Crippen LogP contribution in [0.2, 0.25) is 5.02 Å². The summed E-state index contributed by atoms with van der Waals surface area (Å²) < 4.78 is 6.22. The number of aromatic nitrogens is 3. The van der Waals surface area contributed by atoms with E-state index in [1.807, 2.05) is 36.4 Å². The van der Waals surface area contributed by atoms with Crippen LogP contribution < -0.4 is 5.56 Å². The van der Waals surface area contributed by atoms with Gasteiger partial charge >= 0.3 is 5.97 Å². The Morgan fingerprint density at radius 1 is 1.07 bits per heavy atom. The number of carbonyl (C=O) groups excluding carboxylic acids is 1. The van der Waals surface area contributed by atoms with Gasteiger partial charge in [0.1, 0.15) is 5.52 Å². The predicted molar refractivity (Wildman–Crippen MR) is 110 cm³/mol. The number of nitrogens with zero attached hydrogens (tertiary/aromatic N) is 3. The molecule has 1 heterocycles. The zero-order valence-electron chi connectivity index (χ0n) is 14.5. The molecule has 4 rings (SSSR count). The lowest BCUT2D eigenvalue weighted by atomic mass is 10.1. The van der Waals surface area contributed by atoms with Gasteiger partial charge in [-0.25, -0.2) is 0 Å². The van der Waals surface area contributed by atoms with E-state index in [1.165, 1.54) is 11.8 Å². The molecule has 0 aliphatic rings. The maximum atomic E-state index is 12.4. The van der Waals surface area contributed by atoms with Crippen LogP contribution in [-0.2, 0) is 16.3 Å². The van der Waals surface area contributed by atoms with Crippen molar-refractivity contribution in [3.63, 3.8) is 0 Å². The summed E-state index contributed by atoms with van der Waals surface area (Å²) in [5.74, 6) is -0.379. The third kappa shape index (κ3) is 3.72. The monoisotopic (exact) mass is 411 g/mol. The summed E-state index contributed by atoms with van der Waals surface area (Å²) in [6, 6.07) is 18.3. The fraction of sp³-hybridized carbons (Fsp3) is 0.100. The van der Waals surface area contributed by atoms with E-state index in [-0.39, 0.29) is 18.0 Å². The second-order valence-corrected chi connectivity index (χ2v) is 7.36. The highest BCUT2D eigenvalue weighted by molar-refractivity contribution is 8.00. The molecule has 4 aromatic rings. The van der Waals surface area contributed by atoms with E-state index in [1.54, 1.807) is 24.3 Å². The molecule has 0 N–H and O–H groups in total. The van der Waals surface area contributed by atoms with Crippen LogP contribution in [0.5, 0.6) is 0 Å². The van der Waals surface area contributed by atoms with Crippen LogP contribution in [0.15, 0.2) is 70.4 Å². The highest BCUT2D eigenvalue weighted by Gasteiger charge is 2.11. The maximum absolute atomic E-state index is 12.4. The van der Waals surface area contributed by atoms with Crippen LogP contribution >= 0.6 is 23.4 Å². The number of hydrogen-bond donors (Lipinski definition) is 0. The number of esters is 1. The number of rotatable bonds is 5. The Hall–Kier alpha value is -2.90. The molecule has 0 fully saturated rings. The second kappa shape index (κ2) is 8.00. The smallest absolute Gasteiger partial charge is 0.318 e. The largest absolute Gasteiger partial charge is 0.441 e. The SMILES string of the molecule is O=C(CSc1cccc2cccc(Cl)c12)OCn1nnc2ccccc2c1=O. The molecule has 0 aliphatic heterocycles. The molecule has 1 aromatic heterocycles. The molecular formula is C20H14ClN3O3S. The quantitative estimate of drug-likeness (QED) is 0.366. The van der Waals surface area contributed by atoms with Crippen LogP contribution in [0.4, 0.5) is 0 Å². The number of thioether (sulfide) groups is 1. The van der Waals surface area contributed by atoms with E-state index in [4.69, 9.17) is 16.3 Å². The normalized spacial score (nSPS) is 11.0. The molecule has 0 spiro atoms. The average Bonchev–Trinajstić information content (AvgIpc) is 2.72. The van der Waals surface area contributed by atoms with Gasteiger partial charge in [0, 0.05) is 15.3 Å². The van der Waals surface area contributed by atoms with E-state index < -0.39 is 5.97 Å². The summed E-state index contributed by atoms with van der Waals surface area (Å²) in [5.41, 5.74) is 0.144. The van der Waals surface area contributed by atoms with Gasteiger partial charge in [0.2, 0.25) is 0 Å². The molecule has 6 nitrogen and oxygen atoms in total. The molecule has 0 radical (unpaired) electrons. The van der Waals surface area contributed by atoms with E-state index in [0.717, 1.165) is 20.3 Å². The summed E-state index contributed by atoms with van der Waals surface area (Å²) in [4.78, 5) is 25.4. The highest BCUT2D eigenvalue weighted by atomic mass is 35.5. The zero-order valence-corrected chi connectivity index (χ0v) is 16.1. The van der Waals surface area contributed by atoms with E-state index in [2.05, 4.69) is 10.3 Å². The predicted octanol–water partition coefficient (Wildman–Crippen LogP) is 3.89. The van der Waals surface area contributed by atoms with Gasteiger partial charge in [0.15, 0.2) is 6.73 Å². The minimum atomic E-state index is -0.462. The lowest BCUT2D eigenvalue weighted by Gasteiger charge is -2.09. The summed E-state index contributed by atoms with van der Waals surface area (Å²) in [5, 5.41) is 10.7. The average molecular weight is 412 g/mol. The van der Waals surface area contributed by atoms with Crippen LogP contribution in [-0.4, -0.2) is 26.7 Å². The minimum Gasteiger partial charge on any atom is -0.441 e. The van der Waals surface area contributed by atoms with Gasteiger partial charge in [-0.3, -0.25) is 9.59 Å². The van der Waals surface area contributed by atoms with Gasteiger partial charge in [-0.2, -0.15) is 4.68 Å². The van der Waals surface area contributed by atoms with Crippen LogP contribution in [0.3, 0.4) is 0 Å². The van der Waals surface area contributed by atoms with Gasteiger partial charge in [-0.1, -0.05) is 53.2 Å². The molecule has 0 saturated heterocycles. The van der Waals surface area contributed by atoms with Crippen molar-refractivity contribution in [3.05, 3.63) is 76.0 Å². The summed E-state index contributed by atoms with van der Waals surface area (Å²) in [6.07, 6.45) is 0. The molecule has 0 aliphatic carbocycles. The Bertz CT molecular complexity index is 1240. The number of fused-ring (bicyclic) bond motifs is 2. The Kier molecular flexibility index (Phi) is 5.27. The zero-order chi connectivity index (χ0) is 19.5. The molecular weight excluding hydrogens is 398 g/mol. The molecule has 0 amide bonds. The van der Waals surface area contributed by atoms with E-state index >= 15 is 0 Å². The highest BCUT2D eigenvalue weighted by Crippen LogP contribution is 2.33. The van der Waals surface area contributed by atoms with Crippen molar-refractivity contribution in [1.29, 1.82) is 0 Å². The summed E-state index contributed by atoms with van der Waals surface area (Å²) in [7, 11) is 0. The molecule has 28 heavy (non-hydrogen) atoms. The number of carbonyl (C=O) groups is 1. The van der Waals surface area contributed by atoms with Crippen LogP contribution in [0.25, 0.3) is 21.7 Å². The molecule has 8 heteroatoms. The first-order valence-corrected chi connectivity index (χ1v) is 9.78. The standard InChI is InChI=1S/C20H14ClN3O3S/c21-15-8-3-5-13-6-4-10-17(19(13)15)28-11-18(25)27-12-24-20(26)14-7-1-2-9-16(14)22-23-24/h1-10H,11-12H2. The lowest BCUT2D eigenvalue weighted by molar-refractivity contribution is -0.144. The molecule has 0 bridgehead atoms. The van der Waals surface area contributed by atoms with Crippen molar-refractivity contribution in [3.8, 4) is 0 Å². The minimum absolute atomic E-state index is 0.0834. The van der Waals surface area contributed by atoms with Crippen LogP contribution in [0.1, 0.15) is 0 Å². The van der Waals surface area contributed by atoms with Crippen LogP contribution in [0, 0.1) is 0 Å². The first-order valence-electron chi connectivity index (χ1n) is 8.42. The summed E-state index contributed by atoms with van der Waals surface area (Å²) >= 11 is 7.63. The first kappa shape index (κ1) is 18.5. The van der Waals surface area contributed by atoms with Crippen molar-refractivity contribution in [2.24, 2.45) is 0 Å². The van der Waals surface area contributed by atoms with Gasteiger partial charge in [0.05, 0.1) is 11.1 Å². The second-order valence-electron chi connectivity index (χ2n) is 5.94. The topological polar surface area (TPSA) is 74.1 Å². The molecule has 3 aromatic carbocycles. The maximum Gasteiger partial charge on any atom is 0.318 e. The number of benzene rings is 3. The van der Waals surface area contributed by atoms with E-state index in [9.17, 15) is 9.59 Å². The summed E-state index contributed by atoms with van der Waals surface area (Å²) in [6.45, 7) is -0.285. The fourth-order valence-electron chi connectivity index (χ4n) is 2.80. The molecule has 0 atom stereocenters. The van der Waals surface area contributed by atoms with Gasteiger partial charge in [-0.05, 0) is 29.7 Å². The Morgan fingerprint density at radius 3 is 2.71 bits per heavy atom. The van der Waals surface area contributed by atoms with E-state index in [0.29, 0.717) is 15.9 Å². The number of halogens is 1. The molecule has 0 unspecified atom stereocenters. The third-order valence-electron chi connectivity index (χ3n) is 4.14. The van der Waals surface area contributed by atoms with Crippen molar-refractivity contribution in [1.82, 2.24) is 15.0 Å².